The van der Waals surface area contributed by atoms with Gasteiger partial charge in [-0.2, -0.15) is 0 Å². The largest absolute Gasteiger partial charge is 0.393 e. The topological polar surface area (TPSA) is 20.2 Å². The first-order valence-corrected chi connectivity index (χ1v) is 6.59. The van der Waals surface area contributed by atoms with Gasteiger partial charge in [0.1, 0.15) is 0 Å². The molecule has 2 heteroatoms. The molecule has 0 aliphatic heterocycles. The van der Waals surface area contributed by atoms with Crippen LogP contribution in [0.15, 0.2) is 28.7 Å². The monoisotopic (exact) mass is 284 g/mol. The molecule has 0 aliphatic rings. The molecule has 1 nitrogen and oxygen atoms in total. The van der Waals surface area contributed by atoms with Gasteiger partial charge in [0.25, 0.3) is 0 Å². The molecule has 0 aromatic heterocycles. The number of benzene rings is 1. The van der Waals surface area contributed by atoms with Gasteiger partial charge >= 0.3 is 0 Å². The molecule has 0 radical (unpaired) electrons. The van der Waals surface area contributed by atoms with E-state index in [9.17, 15) is 5.11 Å². The average molecular weight is 285 g/mol. The van der Waals surface area contributed by atoms with E-state index in [-0.39, 0.29) is 6.10 Å². The standard InChI is InChI=1S/C14H21BrO/c1-14(2,3)9-8-13(16)10-11-4-6-12(15)7-5-11/h4-7,13,16H,8-10H2,1-3H3. The van der Waals surface area contributed by atoms with E-state index in [0.717, 1.165) is 23.7 Å². The lowest BCUT2D eigenvalue weighted by atomic mass is 9.88. The molecule has 1 unspecified atom stereocenters. The molecule has 0 spiro atoms. The van der Waals surface area contributed by atoms with E-state index in [4.69, 9.17) is 0 Å². The zero-order valence-corrected chi connectivity index (χ0v) is 11.9. The minimum Gasteiger partial charge on any atom is -0.393 e. The van der Waals surface area contributed by atoms with Crippen molar-refractivity contribution < 1.29 is 5.11 Å². The second-order valence-corrected chi connectivity index (χ2v) is 6.50. The molecule has 0 bridgehead atoms. The number of halogens is 1. The molecular weight excluding hydrogens is 264 g/mol. The summed E-state index contributed by atoms with van der Waals surface area (Å²) in [5, 5.41) is 9.92. The maximum atomic E-state index is 9.92. The Morgan fingerprint density at radius 1 is 1.19 bits per heavy atom. The van der Waals surface area contributed by atoms with Gasteiger partial charge in [0.15, 0.2) is 0 Å². The van der Waals surface area contributed by atoms with Crippen molar-refractivity contribution in [3.05, 3.63) is 34.3 Å². The molecule has 0 amide bonds. The van der Waals surface area contributed by atoms with Gasteiger partial charge in [-0.1, -0.05) is 48.8 Å². The smallest absolute Gasteiger partial charge is 0.0580 e. The van der Waals surface area contributed by atoms with Crippen LogP contribution in [0.4, 0.5) is 0 Å². The van der Waals surface area contributed by atoms with Crippen molar-refractivity contribution in [2.75, 3.05) is 0 Å². The highest BCUT2D eigenvalue weighted by atomic mass is 79.9. The van der Waals surface area contributed by atoms with Gasteiger partial charge in [-0.25, -0.2) is 0 Å². The maximum absolute atomic E-state index is 9.92. The second kappa shape index (κ2) is 5.83. The third kappa shape index (κ3) is 5.66. The van der Waals surface area contributed by atoms with E-state index >= 15 is 0 Å². The van der Waals surface area contributed by atoms with Gasteiger partial charge < -0.3 is 5.11 Å². The first kappa shape index (κ1) is 13.7. The first-order valence-electron chi connectivity index (χ1n) is 5.79. The Labute approximate surface area is 107 Å². The van der Waals surface area contributed by atoms with Crippen LogP contribution in [0.25, 0.3) is 0 Å². The number of aliphatic hydroxyl groups is 1. The summed E-state index contributed by atoms with van der Waals surface area (Å²) >= 11 is 3.41. The van der Waals surface area contributed by atoms with Gasteiger partial charge in [-0.05, 0) is 42.4 Å². The number of hydrogen-bond donors (Lipinski definition) is 1. The lowest BCUT2D eigenvalue weighted by Gasteiger charge is -2.20. The molecule has 90 valence electrons. The molecule has 1 N–H and O–H groups in total. The summed E-state index contributed by atoms with van der Waals surface area (Å²) in [5.74, 6) is 0. The number of aliphatic hydroxyl groups excluding tert-OH is 1. The van der Waals surface area contributed by atoms with E-state index in [2.05, 4.69) is 48.8 Å². The predicted molar refractivity (Wildman–Crippen MR) is 72.5 cm³/mol. The SMILES string of the molecule is CC(C)(C)CCC(O)Cc1ccc(Br)cc1. The fraction of sp³-hybridized carbons (Fsp3) is 0.571. The van der Waals surface area contributed by atoms with Crippen LogP contribution in [-0.4, -0.2) is 11.2 Å². The van der Waals surface area contributed by atoms with Crippen LogP contribution in [-0.2, 0) is 6.42 Å². The van der Waals surface area contributed by atoms with Crippen molar-refractivity contribution in [3.63, 3.8) is 0 Å². The molecule has 1 atom stereocenters. The van der Waals surface area contributed by atoms with Gasteiger partial charge in [0.2, 0.25) is 0 Å². The molecule has 1 aromatic carbocycles. The summed E-state index contributed by atoms with van der Waals surface area (Å²) in [6, 6.07) is 8.16. The Hall–Kier alpha value is -0.340. The van der Waals surface area contributed by atoms with Crippen molar-refractivity contribution >= 4 is 15.9 Å². The third-order valence-electron chi connectivity index (χ3n) is 2.61. The van der Waals surface area contributed by atoms with Gasteiger partial charge in [-0.15, -0.1) is 0 Å². The fourth-order valence-electron chi connectivity index (χ4n) is 1.59. The van der Waals surface area contributed by atoms with Crippen LogP contribution < -0.4 is 0 Å². The van der Waals surface area contributed by atoms with Crippen molar-refractivity contribution in [1.82, 2.24) is 0 Å². The van der Waals surface area contributed by atoms with E-state index < -0.39 is 0 Å². The minimum absolute atomic E-state index is 0.222. The van der Waals surface area contributed by atoms with Crippen molar-refractivity contribution in [2.24, 2.45) is 5.41 Å². The summed E-state index contributed by atoms with van der Waals surface area (Å²) in [4.78, 5) is 0. The highest BCUT2D eigenvalue weighted by Gasteiger charge is 2.13. The first-order chi connectivity index (χ1) is 7.37. The lowest BCUT2D eigenvalue weighted by Crippen LogP contribution is -2.15. The summed E-state index contributed by atoms with van der Waals surface area (Å²) in [6.45, 7) is 6.62. The maximum Gasteiger partial charge on any atom is 0.0580 e. The van der Waals surface area contributed by atoms with Crippen LogP contribution in [0.3, 0.4) is 0 Å². The molecule has 0 fully saturated rings. The molecule has 0 saturated heterocycles. The predicted octanol–water partition coefficient (Wildman–Crippen LogP) is 4.18. The quantitative estimate of drug-likeness (QED) is 0.880. The van der Waals surface area contributed by atoms with Crippen LogP contribution in [0.2, 0.25) is 0 Å². The van der Waals surface area contributed by atoms with Crippen LogP contribution in [0, 0.1) is 5.41 Å². The second-order valence-electron chi connectivity index (χ2n) is 5.58. The summed E-state index contributed by atoms with van der Waals surface area (Å²) in [6.07, 6.45) is 2.47. The van der Waals surface area contributed by atoms with Crippen LogP contribution in [0.1, 0.15) is 39.2 Å². The molecule has 16 heavy (non-hydrogen) atoms. The Morgan fingerprint density at radius 2 is 1.75 bits per heavy atom. The zero-order chi connectivity index (χ0) is 12.2. The van der Waals surface area contributed by atoms with Crippen molar-refractivity contribution in [3.8, 4) is 0 Å². The van der Waals surface area contributed by atoms with Gasteiger partial charge in [-0.3, -0.25) is 0 Å². The molecule has 1 rings (SSSR count). The molecule has 0 saturated carbocycles. The van der Waals surface area contributed by atoms with E-state index in [1.54, 1.807) is 0 Å². The summed E-state index contributed by atoms with van der Waals surface area (Å²) in [5.41, 5.74) is 1.50. The van der Waals surface area contributed by atoms with Gasteiger partial charge in [0, 0.05) is 4.47 Å². The Kier molecular flexibility index (Phi) is 5.00. The number of rotatable bonds is 4. The van der Waals surface area contributed by atoms with Gasteiger partial charge in [0.05, 0.1) is 6.10 Å². The fourth-order valence-corrected chi connectivity index (χ4v) is 1.86. The third-order valence-corrected chi connectivity index (χ3v) is 3.14. The van der Waals surface area contributed by atoms with Crippen molar-refractivity contribution in [2.45, 2.75) is 46.1 Å². The zero-order valence-electron chi connectivity index (χ0n) is 10.3. The van der Waals surface area contributed by atoms with Crippen LogP contribution >= 0.6 is 15.9 Å². The summed E-state index contributed by atoms with van der Waals surface area (Å²) in [7, 11) is 0. The minimum atomic E-state index is -0.222. The van der Waals surface area contributed by atoms with Crippen LogP contribution in [0.5, 0.6) is 0 Å². The molecule has 0 heterocycles. The lowest BCUT2D eigenvalue weighted by molar-refractivity contribution is 0.146. The molecular formula is C14H21BrO. The number of hydrogen-bond acceptors (Lipinski definition) is 1. The normalized spacial score (nSPS) is 13.8. The summed E-state index contributed by atoms with van der Waals surface area (Å²) < 4.78 is 1.08. The van der Waals surface area contributed by atoms with E-state index in [0.29, 0.717) is 5.41 Å². The Morgan fingerprint density at radius 3 is 2.25 bits per heavy atom. The Balaban J connectivity index is 2.39. The van der Waals surface area contributed by atoms with E-state index in [1.807, 2.05) is 12.1 Å². The molecule has 1 aromatic rings. The van der Waals surface area contributed by atoms with E-state index in [1.165, 1.54) is 5.56 Å². The van der Waals surface area contributed by atoms with Crippen molar-refractivity contribution in [1.29, 1.82) is 0 Å². The average Bonchev–Trinajstić information content (AvgIpc) is 2.18. The highest BCUT2D eigenvalue weighted by molar-refractivity contribution is 9.10. The highest BCUT2D eigenvalue weighted by Crippen LogP contribution is 2.22. The molecule has 0 aliphatic carbocycles. The Bertz CT molecular complexity index is 311.